The van der Waals surface area contributed by atoms with E-state index in [-0.39, 0.29) is 11.9 Å². The summed E-state index contributed by atoms with van der Waals surface area (Å²) >= 11 is 0. The van der Waals surface area contributed by atoms with Crippen molar-refractivity contribution in [3.8, 4) is 5.69 Å². The average molecular weight is 366 g/mol. The summed E-state index contributed by atoms with van der Waals surface area (Å²) < 4.78 is 15.7. The molecule has 3 rings (SSSR count). The molecule has 27 heavy (non-hydrogen) atoms. The molecular weight excluding hydrogens is 343 g/mol. The van der Waals surface area contributed by atoms with Crippen molar-refractivity contribution >= 4 is 5.96 Å². The second kappa shape index (κ2) is 8.44. The number of aryl methyl sites for hydroxylation is 1. The molecule has 1 aromatic heterocycles. The molecule has 0 fully saturated rings. The first-order chi connectivity index (χ1) is 13.1. The fourth-order valence-electron chi connectivity index (χ4n) is 2.71. The molecule has 6 nitrogen and oxygen atoms in total. The van der Waals surface area contributed by atoms with Gasteiger partial charge in [-0.05, 0) is 43.2 Å². The van der Waals surface area contributed by atoms with E-state index in [0.29, 0.717) is 18.1 Å². The molecule has 3 aromatic rings. The molecule has 1 atom stereocenters. The van der Waals surface area contributed by atoms with Crippen molar-refractivity contribution < 1.29 is 4.39 Å². The van der Waals surface area contributed by atoms with Crippen LogP contribution in [0.1, 0.15) is 29.9 Å². The van der Waals surface area contributed by atoms with Gasteiger partial charge in [0.15, 0.2) is 11.8 Å². The minimum Gasteiger partial charge on any atom is -0.350 e. The Bertz CT molecular complexity index is 919. The lowest BCUT2D eigenvalue weighted by Crippen LogP contribution is -2.38. The Balaban J connectivity index is 1.65. The van der Waals surface area contributed by atoms with Crippen LogP contribution < -0.4 is 10.6 Å². The molecule has 1 heterocycles. The molecule has 0 aliphatic rings. The third kappa shape index (κ3) is 4.49. The van der Waals surface area contributed by atoms with Crippen LogP contribution in [-0.2, 0) is 6.54 Å². The largest absolute Gasteiger partial charge is 0.350 e. The molecule has 0 aliphatic carbocycles. The zero-order chi connectivity index (χ0) is 19.2. The van der Waals surface area contributed by atoms with Gasteiger partial charge in [-0.2, -0.15) is 0 Å². The van der Waals surface area contributed by atoms with E-state index >= 15 is 0 Å². The second-order valence-electron chi connectivity index (χ2n) is 6.25. The van der Waals surface area contributed by atoms with Crippen LogP contribution in [0.2, 0.25) is 0 Å². The van der Waals surface area contributed by atoms with Crippen LogP contribution in [0.5, 0.6) is 0 Å². The highest BCUT2D eigenvalue weighted by atomic mass is 19.1. The van der Waals surface area contributed by atoms with Crippen molar-refractivity contribution in [1.82, 2.24) is 25.4 Å². The molecule has 2 N–H and O–H groups in total. The Labute approximate surface area is 158 Å². The molecule has 1 unspecified atom stereocenters. The van der Waals surface area contributed by atoms with Crippen molar-refractivity contribution in [2.45, 2.75) is 26.4 Å². The summed E-state index contributed by atoms with van der Waals surface area (Å²) in [6.07, 6.45) is 1.68. The van der Waals surface area contributed by atoms with Gasteiger partial charge >= 0.3 is 0 Å². The fraction of sp³-hybridized carbons (Fsp3) is 0.250. The van der Waals surface area contributed by atoms with Gasteiger partial charge in [-0.25, -0.2) is 4.39 Å². The molecule has 0 spiro atoms. The monoisotopic (exact) mass is 366 g/mol. The molecule has 0 aliphatic heterocycles. The van der Waals surface area contributed by atoms with Crippen molar-refractivity contribution in [2.24, 2.45) is 4.99 Å². The number of aliphatic imine (C=N–C) groups is 1. The number of guanidine groups is 1. The third-order valence-electron chi connectivity index (χ3n) is 4.34. The van der Waals surface area contributed by atoms with E-state index in [4.69, 9.17) is 0 Å². The van der Waals surface area contributed by atoms with E-state index in [1.165, 1.54) is 0 Å². The standard InChI is InChI=1S/C20H23FN6/c1-14-9-10-16(11-18(14)21)15(2)25-20(22-3)23-12-19-26-24-13-27(19)17-7-5-4-6-8-17/h4-11,13,15H,12H2,1-3H3,(H2,22,23,25). The highest BCUT2D eigenvalue weighted by Crippen LogP contribution is 2.16. The lowest BCUT2D eigenvalue weighted by atomic mass is 10.1. The predicted octanol–water partition coefficient (Wildman–Crippen LogP) is 3.14. The van der Waals surface area contributed by atoms with Gasteiger partial charge in [0.05, 0.1) is 12.6 Å². The molecule has 0 amide bonds. The van der Waals surface area contributed by atoms with Crippen molar-refractivity contribution in [3.63, 3.8) is 0 Å². The van der Waals surface area contributed by atoms with Crippen LogP contribution in [0.3, 0.4) is 0 Å². The number of nitrogens with zero attached hydrogens (tertiary/aromatic N) is 4. The summed E-state index contributed by atoms with van der Waals surface area (Å²) in [6.45, 7) is 4.16. The lowest BCUT2D eigenvalue weighted by molar-refractivity contribution is 0.607. The van der Waals surface area contributed by atoms with E-state index in [2.05, 4.69) is 25.8 Å². The molecule has 0 radical (unpaired) electrons. The molecule has 0 saturated heterocycles. The molecule has 140 valence electrons. The zero-order valence-corrected chi connectivity index (χ0v) is 15.6. The Hall–Kier alpha value is -3.22. The minimum absolute atomic E-state index is 0.0988. The van der Waals surface area contributed by atoms with Crippen molar-refractivity contribution in [3.05, 3.63) is 77.6 Å². The normalized spacial score (nSPS) is 12.7. The van der Waals surface area contributed by atoms with Gasteiger partial charge in [-0.15, -0.1) is 10.2 Å². The smallest absolute Gasteiger partial charge is 0.191 e. The summed E-state index contributed by atoms with van der Waals surface area (Å²) in [7, 11) is 1.69. The Kier molecular flexibility index (Phi) is 5.80. The first-order valence-corrected chi connectivity index (χ1v) is 8.76. The van der Waals surface area contributed by atoms with Crippen molar-refractivity contribution in [2.75, 3.05) is 7.05 Å². The number of rotatable bonds is 5. The third-order valence-corrected chi connectivity index (χ3v) is 4.34. The van der Waals surface area contributed by atoms with Crippen LogP contribution >= 0.6 is 0 Å². The van der Waals surface area contributed by atoms with Gasteiger partial charge in [0.2, 0.25) is 0 Å². The van der Waals surface area contributed by atoms with Crippen molar-refractivity contribution in [1.29, 1.82) is 0 Å². The lowest BCUT2D eigenvalue weighted by Gasteiger charge is -2.18. The van der Waals surface area contributed by atoms with Gasteiger partial charge in [0.25, 0.3) is 0 Å². The topological polar surface area (TPSA) is 67.1 Å². The van der Waals surface area contributed by atoms with E-state index in [1.807, 2.05) is 47.9 Å². The predicted molar refractivity (Wildman–Crippen MR) is 104 cm³/mol. The van der Waals surface area contributed by atoms with Crippen LogP contribution in [0.4, 0.5) is 4.39 Å². The number of nitrogens with one attached hydrogen (secondary N) is 2. The number of para-hydroxylation sites is 1. The quantitative estimate of drug-likeness (QED) is 0.538. The maximum absolute atomic E-state index is 13.8. The molecule has 2 aromatic carbocycles. The fourth-order valence-corrected chi connectivity index (χ4v) is 2.71. The minimum atomic E-state index is -0.208. The van der Waals surface area contributed by atoms with Crippen LogP contribution in [0, 0.1) is 12.7 Å². The Morgan fingerprint density at radius 1 is 1.22 bits per heavy atom. The number of hydrogen-bond acceptors (Lipinski definition) is 3. The van der Waals surface area contributed by atoms with Crippen LogP contribution in [0.15, 0.2) is 59.9 Å². The molecule has 0 saturated carbocycles. The Morgan fingerprint density at radius 3 is 2.70 bits per heavy atom. The van der Waals surface area contributed by atoms with E-state index in [9.17, 15) is 4.39 Å². The molecule has 7 heteroatoms. The summed E-state index contributed by atoms with van der Waals surface area (Å²) in [5.41, 5.74) is 2.48. The zero-order valence-electron chi connectivity index (χ0n) is 15.6. The molecular formula is C20H23FN6. The Morgan fingerprint density at radius 2 is 2.00 bits per heavy atom. The summed E-state index contributed by atoms with van der Waals surface area (Å²) in [6, 6.07) is 15.0. The van der Waals surface area contributed by atoms with Gasteiger partial charge in [-0.3, -0.25) is 9.56 Å². The molecule has 0 bridgehead atoms. The van der Waals surface area contributed by atoms with Crippen LogP contribution in [0.25, 0.3) is 5.69 Å². The summed E-state index contributed by atoms with van der Waals surface area (Å²) in [4.78, 5) is 4.24. The number of benzene rings is 2. The SMILES string of the molecule is CN=C(NCc1nncn1-c1ccccc1)NC(C)c1ccc(C)c(F)c1. The summed E-state index contributed by atoms with van der Waals surface area (Å²) in [5, 5.41) is 14.7. The highest BCUT2D eigenvalue weighted by Gasteiger charge is 2.11. The van der Waals surface area contributed by atoms with Gasteiger partial charge in [-0.1, -0.05) is 30.3 Å². The first kappa shape index (κ1) is 18.6. The first-order valence-electron chi connectivity index (χ1n) is 8.76. The second-order valence-corrected chi connectivity index (χ2v) is 6.25. The highest BCUT2D eigenvalue weighted by molar-refractivity contribution is 5.80. The van der Waals surface area contributed by atoms with E-state index in [1.54, 1.807) is 32.4 Å². The van der Waals surface area contributed by atoms with Crippen LogP contribution in [-0.4, -0.2) is 27.8 Å². The number of halogens is 1. The van der Waals surface area contributed by atoms with Gasteiger partial charge in [0.1, 0.15) is 12.1 Å². The van der Waals surface area contributed by atoms with E-state index < -0.39 is 0 Å². The summed E-state index contributed by atoms with van der Waals surface area (Å²) in [5.74, 6) is 1.16. The number of hydrogen-bond donors (Lipinski definition) is 2. The van der Waals surface area contributed by atoms with Gasteiger partial charge < -0.3 is 10.6 Å². The van der Waals surface area contributed by atoms with Gasteiger partial charge in [0, 0.05) is 12.7 Å². The average Bonchev–Trinajstić information content (AvgIpc) is 3.16. The maximum Gasteiger partial charge on any atom is 0.191 e. The number of aromatic nitrogens is 3. The maximum atomic E-state index is 13.8. The van der Waals surface area contributed by atoms with E-state index in [0.717, 1.165) is 17.1 Å².